The number of rotatable bonds is 3. The normalized spacial score (nSPS) is 21.9. The maximum atomic E-state index is 13.3. The molecule has 0 radical (unpaired) electrons. The molecule has 2 atom stereocenters. The summed E-state index contributed by atoms with van der Waals surface area (Å²) in [7, 11) is 0. The van der Waals surface area contributed by atoms with E-state index in [2.05, 4.69) is 10.4 Å². The van der Waals surface area contributed by atoms with Crippen LogP contribution < -0.4 is 5.32 Å². The van der Waals surface area contributed by atoms with Gasteiger partial charge in [0.1, 0.15) is 11.4 Å². The number of furan rings is 1. The van der Waals surface area contributed by atoms with Crippen molar-refractivity contribution in [3.8, 4) is 17.1 Å². The number of nitrogens with zero attached hydrogens (tertiary/aromatic N) is 3. The molecule has 0 bridgehead atoms. The number of aromatic nitrogens is 2. The van der Waals surface area contributed by atoms with Gasteiger partial charge in [-0.05, 0) is 36.1 Å². The quantitative estimate of drug-likeness (QED) is 0.790. The molecule has 2 aromatic heterocycles. The van der Waals surface area contributed by atoms with E-state index in [9.17, 15) is 4.79 Å². The van der Waals surface area contributed by atoms with Crippen LogP contribution in [0.3, 0.4) is 0 Å². The minimum absolute atomic E-state index is 0.0357. The van der Waals surface area contributed by atoms with E-state index in [1.807, 2.05) is 53.4 Å². The van der Waals surface area contributed by atoms with Gasteiger partial charge in [-0.15, -0.1) is 0 Å². The van der Waals surface area contributed by atoms with Crippen LogP contribution in [0.4, 0.5) is 0 Å². The minimum atomic E-state index is 0.0357. The first-order chi connectivity index (χ1) is 12.8. The van der Waals surface area contributed by atoms with Crippen molar-refractivity contribution in [2.45, 2.75) is 0 Å². The fourth-order valence-corrected chi connectivity index (χ4v) is 4.03. The van der Waals surface area contributed by atoms with Gasteiger partial charge in [-0.25, -0.2) is 4.68 Å². The molecule has 0 unspecified atom stereocenters. The number of hydrogen-bond acceptors (Lipinski definition) is 4. The SMILES string of the molecule is O=C(c1cc(-c2ccco2)nn1-c1ccccc1)N1C[C@H]2CNC[C@H]2C1. The fraction of sp³-hybridized carbons (Fsp3) is 0.300. The van der Waals surface area contributed by atoms with Crippen molar-refractivity contribution in [1.82, 2.24) is 20.0 Å². The Kier molecular flexibility index (Phi) is 3.64. The first kappa shape index (κ1) is 15.4. The zero-order valence-electron chi connectivity index (χ0n) is 14.3. The van der Waals surface area contributed by atoms with Gasteiger partial charge in [0.2, 0.25) is 0 Å². The predicted molar refractivity (Wildman–Crippen MR) is 97.0 cm³/mol. The maximum Gasteiger partial charge on any atom is 0.272 e. The molecule has 0 spiro atoms. The molecule has 0 aliphatic carbocycles. The van der Waals surface area contributed by atoms with Gasteiger partial charge < -0.3 is 14.6 Å². The molecular weight excluding hydrogens is 328 g/mol. The highest BCUT2D eigenvalue weighted by Gasteiger charge is 2.39. The van der Waals surface area contributed by atoms with Crippen LogP contribution in [0.25, 0.3) is 17.1 Å². The lowest BCUT2D eigenvalue weighted by Crippen LogP contribution is -2.33. The Morgan fingerprint density at radius 3 is 2.54 bits per heavy atom. The molecule has 1 aromatic carbocycles. The third kappa shape index (κ3) is 2.54. The fourth-order valence-electron chi connectivity index (χ4n) is 4.03. The molecule has 1 amide bonds. The summed E-state index contributed by atoms with van der Waals surface area (Å²) in [5.41, 5.74) is 2.12. The molecular formula is C20H20N4O2. The number of benzene rings is 1. The van der Waals surface area contributed by atoms with E-state index in [4.69, 9.17) is 4.42 Å². The summed E-state index contributed by atoms with van der Waals surface area (Å²) < 4.78 is 7.21. The Bertz CT molecular complexity index is 905. The summed E-state index contributed by atoms with van der Waals surface area (Å²) >= 11 is 0. The number of amides is 1. The Hall–Kier alpha value is -2.86. The van der Waals surface area contributed by atoms with Gasteiger partial charge in [-0.2, -0.15) is 5.10 Å². The van der Waals surface area contributed by atoms with Gasteiger partial charge in [0.05, 0.1) is 12.0 Å². The molecule has 6 nitrogen and oxygen atoms in total. The summed E-state index contributed by atoms with van der Waals surface area (Å²) in [6.45, 7) is 3.63. The highest BCUT2D eigenvalue weighted by molar-refractivity contribution is 5.94. The molecule has 132 valence electrons. The minimum Gasteiger partial charge on any atom is -0.463 e. The number of likely N-dealkylation sites (tertiary alicyclic amines) is 1. The van der Waals surface area contributed by atoms with Gasteiger partial charge in [0, 0.05) is 32.2 Å². The summed E-state index contributed by atoms with van der Waals surface area (Å²) in [4.78, 5) is 15.2. The number of para-hydroxylation sites is 1. The van der Waals surface area contributed by atoms with Gasteiger partial charge in [0.25, 0.3) is 5.91 Å². The molecule has 26 heavy (non-hydrogen) atoms. The van der Waals surface area contributed by atoms with Crippen LogP contribution in [-0.4, -0.2) is 46.8 Å². The first-order valence-electron chi connectivity index (χ1n) is 8.99. The third-order valence-corrected chi connectivity index (χ3v) is 5.38. The molecule has 2 aliphatic heterocycles. The van der Waals surface area contributed by atoms with Crippen molar-refractivity contribution in [3.63, 3.8) is 0 Å². The molecule has 6 heteroatoms. The molecule has 2 saturated heterocycles. The van der Waals surface area contributed by atoms with Crippen LogP contribution >= 0.6 is 0 Å². The number of carbonyl (C=O) groups is 1. The van der Waals surface area contributed by atoms with Gasteiger partial charge in [-0.1, -0.05) is 18.2 Å². The van der Waals surface area contributed by atoms with E-state index in [0.717, 1.165) is 31.9 Å². The van der Waals surface area contributed by atoms with Crippen molar-refractivity contribution >= 4 is 5.91 Å². The molecule has 2 fully saturated rings. The maximum absolute atomic E-state index is 13.3. The van der Waals surface area contributed by atoms with E-state index in [-0.39, 0.29) is 5.91 Å². The van der Waals surface area contributed by atoms with E-state index >= 15 is 0 Å². The number of hydrogen-bond donors (Lipinski definition) is 1. The second-order valence-corrected chi connectivity index (χ2v) is 7.03. The first-order valence-corrected chi connectivity index (χ1v) is 8.99. The lowest BCUT2D eigenvalue weighted by Gasteiger charge is -2.18. The van der Waals surface area contributed by atoms with Crippen LogP contribution in [-0.2, 0) is 0 Å². The number of nitrogens with one attached hydrogen (secondary N) is 1. The molecule has 3 aromatic rings. The van der Waals surface area contributed by atoms with Gasteiger partial charge in [0.15, 0.2) is 5.76 Å². The average molecular weight is 348 g/mol. The zero-order valence-corrected chi connectivity index (χ0v) is 14.3. The summed E-state index contributed by atoms with van der Waals surface area (Å²) in [5, 5.41) is 8.07. The van der Waals surface area contributed by atoms with Crippen LogP contribution in [0.1, 0.15) is 10.5 Å². The van der Waals surface area contributed by atoms with Crippen molar-refractivity contribution in [3.05, 3.63) is 60.5 Å². The Balaban J connectivity index is 1.53. The Morgan fingerprint density at radius 1 is 1.08 bits per heavy atom. The van der Waals surface area contributed by atoms with Crippen molar-refractivity contribution in [2.75, 3.05) is 26.2 Å². The molecule has 4 heterocycles. The monoisotopic (exact) mass is 348 g/mol. The molecule has 1 N–H and O–H groups in total. The number of fused-ring (bicyclic) bond motifs is 1. The van der Waals surface area contributed by atoms with Gasteiger partial charge >= 0.3 is 0 Å². The highest BCUT2D eigenvalue weighted by Crippen LogP contribution is 2.29. The summed E-state index contributed by atoms with van der Waals surface area (Å²) in [6, 6.07) is 15.3. The van der Waals surface area contributed by atoms with E-state index < -0.39 is 0 Å². The molecule has 2 aliphatic rings. The molecule has 0 saturated carbocycles. The Labute approximate surface area is 151 Å². The zero-order chi connectivity index (χ0) is 17.5. The summed E-state index contributed by atoms with van der Waals surface area (Å²) in [6.07, 6.45) is 1.62. The Morgan fingerprint density at radius 2 is 1.85 bits per heavy atom. The molecule has 5 rings (SSSR count). The van der Waals surface area contributed by atoms with Crippen LogP contribution in [0.5, 0.6) is 0 Å². The standard InChI is InChI=1S/C20H20N4O2/c25-20(23-12-14-10-21-11-15(14)13-23)18-9-17(19-7-4-8-26-19)22-24(18)16-5-2-1-3-6-16/h1-9,14-15,21H,10-13H2/t14-,15+. The highest BCUT2D eigenvalue weighted by atomic mass is 16.3. The average Bonchev–Trinajstić information content (AvgIpc) is 3.44. The number of carbonyl (C=O) groups excluding carboxylic acids is 1. The van der Waals surface area contributed by atoms with E-state index in [1.54, 1.807) is 10.9 Å². The second kappa shape index (κ2) is 6.14. The largest absolute Gasteiger partial charge is 0.463 e. The second-order valence-electron chi connectivity index (χ2n) is 7.03. The third-order valence-electron chi connectivity index (χ3n) is 5.38. The summed E-state index contributed by atoms with van der Waals surface area (Å²) in [5.74, 6) is 1.83. The van der Waals surface area contributed by atoms with E-state index in [0.29, 0.717) is 29.0 Å². The van der Waals surface area contributed by atoms with E-state index in [1.165, 1.54) is 0 Å². The van der Waals surface area contributed by atoms with Crippen LogP contribution in [0.2, 0.25) is 0 Å². The van der Waals surface area contributed by atoms with Crippen molar-refractivity contribution in [2.24, 2.45) is 11.8 Å². The van der Waals surface area contributed by atoms with Crippen LogP contribution in [0.15, 0.2) is 59.2 Å². The predicted octanol–water partition coefficient (Wildman–Crippen LogP) is 2.42. The lowest BCUT2D eigenvalue weighted by atomic mass is 10.0. The topological polar surface area (TPSA) is 63.3 Å². The smallest absolute Gasteiger partial charge is 0.272 e. The van der Waals surface area contributed by atoms with Crippen molar-refractivity contribution < 1.29 is 9.21 Å². The van der Waals surface area contributed by atoms with Crippen molar-refractivity contribution in [1.29, 1.82) is 0 Å². The lowest BCUT2D eigenvalue weighted by molar-refractivity contribution is 0.0772. The van der Waals surface area contributed by atoms with Gasteiger partial charge in [-0.3, -0.25) is 4.79 Å². The van der Waals surface area contributed by atoms with Crippen LogP contribution in [0, 0.1) is 11.8 Å².